The first-order valence-electron chi connectivity index (χ1n) is 8.10. The monoisotopic (exact) mass is 361 g/mol. The number of carbonyl (C=O) groups excluding carboxylic acids is 1. The average molecular weight is 361 g/mol. The molecule has 127 valence electrons. The zero-order valence-corrected chi connectivity index (χ0v) is 14.8. The van der Waals surface area contributed by atoms with Crippen LogP contribution in [0.4, 0.5) is 4.39 Å². The van der Waals surface area contributed by atoms with Crippen molar-refractivity contribution in [2.75, 3.05) is 0 Å². The summed E-state index contributed by atoms with van der Waals surface area (Å²) in [7, 11) is 0. The van der Waals surface area contributed by atoms with E-state index in [0.29, 0.717) is 11.1 Å². The Kier molecular flexibility index (Phi) is 4.27. The van der Waals surface area contributed by atoms with Crippen LogP contribution in [-0.4, -0.2) is 5.97 Å². The topological polar surface area (TPSA) is 26.3 Å². The van der Waals surface area contributed by atoms with Crippen LogP contribution in [0.3, 0.4) is 0 Å². The molecular weight excluding hydrogens is 347 g/mol. The van der Waals surface area contributed by atoms with Crippen LogP contribution in [0.5, 0.6) is 5.75 Å². The van der Waals surface area contributed by atoms with Crippen LogP contribution < -0.4 is 4.74 Å². The smallest absolute Gasteiger partial charge is 0.343 e. The third-order valence-electron chi connectivity index (χ3n) is 4.00. The van der Waals surface area contributed by atoms with Crippen LogP contribution in [0.1, 0.15) is 15.9 Å². The van der Waals surface area contributed by atoms with Crippen molar-refractivity contribution in [3.8, 4) is 16.2 Å². The number of halogens is 1. The molecule has 4 aromatic rings. The van der Waals surface area contributed by atoms with Crippen LogP contribution >= 0.6 is 11.3 Å². The predicted octanol–water partition coefficient (Wildman–Crippen LogP) is 6.04. The largest absolute Gasteiger partial charge is 0.420 e. The van der Waals surface area contributed by atoms with Gasteiger partial charge >= 0.3 is 5.97 Å². The minimum absolute atomic E-state index is 0.0837. The van der Waals surface area contributed by atoms with Gasteiger partial charge in [-0.3, -0.25) is 0 Å². The third kappa shape index (κ3) is 3.24. The molecule has 0 N–H and O–H groups in total. The number of hydrogen-bond donors (Lipinski definition) is 0. The van der Waals surface area contributed by atoms with Crippen molar-refractivity contribution < 1.29 is 13.9 Å². The maximum absolute atomic E-state index is 14.4. The van der Waals surface area contributed by atoms with Crippen LogP contribution in [0.15, 0.2) is 66.7 Å². The van der Waals surface area contributed by atoms with E-state index in [1.165, 1.54) is 17.7 Å². The number of ether oxygens (including phenoxy) is 1. The molecule has 0 unspecified atom stereocenters. The zero-order chi connectivity index (χ0) is 18.1. The fourth-order valence-corrected chi connectivity index (χ4v) is 3.76. The number of hydrogen-bond acceptors (Lipinski definition) is 3. The highest BCUT2D eigenvalue weighted by Crippen LogP contribution is 2.35. The maximum Gasteiger partial charge on any atom is 0.343 e. The van der Waals surface area contributed by atoms with Crippen LogP contribution in [0, 0.1) is 18.8 Å². The molecule has 0 aliphatic heterocycles. The molecule has 2 nitrogen and oxygen atoms in total. The fraction of sp³-hybridized carbons (Fsp3) is 0.0455. The highest BCUT2D eigenvalue weighted by molar-refractivity contribution is 7.22. The van der Waals surface area contributed by atoms with Crippen molar-refractivity contribution in [3.63, 3.8) is 0 Å². The van der Waals surface area contributed by atoms with Gasteiger partial charge in [0.2, 0.25) is 0 Å². The van der Waals surface area contributed by atoms with Crippen molar-refractivity contribution in [1.82, 2.24) is 0 Å². The minimum atomic E-state index is -0.582. The van der Waals surface area contributed by atoms with Crippen molar-refractivity contribution in [3.05, 3.63) is 89.7 Å². The lowest BCUT2D eigenvalue weighted by molar-refractivity contribution is 0.0728. The molecule has 0 aliphatic carbocycles. The van der Waals surface area contributed by atoms with Gasteiger partial charge in [0.15, 0.2) is 11.6 Å². The number of thiophene rings is 1. The summed E-state index contributed by atoms with van der Waals surface area (Å²) in [6.07, 6.45) is 0. The first-order valence-corrected chi connectivity index (χ1v) is 8.91. The molecule has 3 aromatic carbocycles. The van der Waals surface area contributed by atoms with Crippen LogP contribution in [0.25, 0.3) is 20.5 Å². The highest BCUT2D eigenvalue weighted by atomic mass is 32.1. The molecule has 0 atom stereocenters. The third-order valence-corrected chi connectivity index (χ3v) is 5.10. The Balaban J connectivity index is 1.62. The van der Waals surface area contributed by atoms with E-state index in [1.54, 1.807) is 47.7 Å². The number of fused-ring (bicyclic) bond motifs is 1. The minimum Gasteiger partial charge on any atom is -0.420 e. The summed E-state index contributed by atoms with van der Waals surface area (Å²) < 4.78 is 20.7. The van der Waals surface area contributed by atoms with E-state index < -0.39 is 11.8 Å². The Bertz CT molecular complexity index is 1100. The summed E-state index contributed by atoms with van der Waals surface area (Å²) in [5, 5.41) is 1.01. The Labute approximate surface area is 154 Å². The van der Waals surface area contributed by atoms with Gasteiger partial charge in [-0.05, 0) is 54.4 Å². The molecule has 1 aromatic heterocycles. The van der Waals surface area contributed by atoms with Gasteiger partial charge < -0.3 is 4.74 Å². The first kappa shape index (κ1) is 16.5. The molecule has 0 bridgehead atoms. The summed E-state index contributed by atoms with van der Waals surface area (Å²) in [5.74, 6) is -1.24. The second-order valence-electron chi connectivity index (χ2n) is 5.96. The molecular formula is C22H14FO2S. The second-order valence-corrected chi connectivity index (χ2v) is 7.01. The molecule has 0 aliphatic rings. The van der Waals surface area contributed by atoms with Gasteiger partial charge in [-0.2, -0.15) is 0 Å². The Morgan fingerprint density at radius 3 is 2.62 bits per heavy atom. The summed E-state index contributed by atoms with van der Waals surface area (Å²) >= 11 is 1.56. The first-order chi connectivity index (χ1) is 12.6. The summed E-state index contributed by atoms with van der Waals surface area (Å²) in [4.78, 5) is 12.9. The molecule has 1 heterocycles. The van der Waals surface area contributed by atoms with Crippen molar-refractivity contribution in [2.45, 2.75) is 6.92 Å². The zero-order valence-electron chi connectivity index (χ0n) is 14.0. The molecule has 0 saturated heterocycles. The fourth-order valence-electron chi connectivity index (χ4n) is 2.66. The Morgan fingerprint density at radius 1 is 1.04 bits per heavy atom. The van der Waals surface area contributed by atoms with Gasteiger partial charge in [0, 0.05) is 21.0 Å². The number of carbonyl (C=O) groups is 1. The van der Waals surface area contributed by atoms with Crippen LogP contribution in [0.2, 0.25) is 0 Å². The van der Waals surface area contributed by atoms with E-state index >= 15 is 0 Å². The Hall–Kier alpha value is -2.98. The summed E-state index contributed by atoms with van der Waals surface area (Å²) in [5.41, 5.74) is 2.26. The van der Waals surface area contributed by atoms with Gasteiger partial charge in [-0.1, -0.05) is 30.3 Å². The van der Waals surface area contributed by atoms with E-state index in [0.717, 1.165) is 15.0 Å². The van der Waals surface area contributed by atoms with Crippen molar-refractivity contribution in [1.29, 1.82) is 0 Å². The van der Waals surface area contributed by atoms with E-state index in [2.05, 4.69) is 12.1 Å². The van der Waals surface area contributed by atoms with E-state index in [1.807, 2.05) is 19.1 Å². The molecule has 0 fully saturated rings. The Morgan fingerprint density at radius 2 is 1.85 bits per heavy atom. The molecule has 1 radical (unpaired) electrons. The predicted molar refractivity (Wildman–Crippen MR) is 102 cm³/mol. The normalized spacial score (nSPS) is 10.8. The van der Waals surface area contributed by atoms with Gasteiger partial charge in [0.1, 0.15) is 0 Å². The number of esters is 1. The quantitative estimate of drug-likeness (QED) is 0.329. The van der Waals surface area contributed by atoms with E-state index in [-0.39, 0.29) is 5.75 Å². The number of aryl methyl sites for hydroxylation is 1. The maximum atomic E-state index is 14.4. The molecule has 4 heteroatoms. The van der Waals surface area contributed by atoms with Gasteiger partial charge in [-0.25, -0.2) is 9.18 Å². The van der Waals surface area contributed by atoms with Gasteiger partial charge in [0.05, 0.1) is 5.56 Å². The summed E-state index contributed by atoms with van der Waals surface area (Å²) in [6, 6.07) is 22.5. The summed E-state index contributed by atoms with van der Waals surface area (Å²) in [6.45, 7) is 2.04. The highest BCUT2D eigenvalue weighted by Gasteiger charge is 2.13. The molecule has 0 saturated carbocycles. The lowest BCUT2D eigenvalue weighted by atomic mass is 10.1. The number of benzene rings is 3. The number of rotatable bonds is 3. The standard InChI is InChI=1S/C22H14FO2S/c1-14-7-8-17-13-21(26-20(17)11-14)16-9-10-19(18(23)12-16)25-22(24)15-5-3-2-4-6-15/h2-12H,1H3. The van der Waals surface area contributed by atoms with E-state index in [4.69, 9.17) is 4.74 Å². The van der Waals surface area contributed by atoms with Crippen LogP contribution in [-0.2, 0) is 0 Å². The molecule has 0 amide bonds. The lowest BCUT2D eigenvalue weighted by Gasteiger charge is -2.06. The van der Waals surface area contributed by atoms with Gasteiger partial charge in [-0.15, -0.1) is 11.3 Å². The molecule has 26 heavy (non-hydrogen) atoms. The van der Waals surface area contributed by atoms with E-state index in [9.17, 15) is 9.18 Å². The van der Waals surface area contributed by atoms with Gasteiger partial charge in [0.25, 0.3) is 0 Å². The van der Waals surface area contributed by atoms with Crippen molar-refractivity contribution in [2.24, 2.45) is 0 Å². The second kappa shape index (κ2) is 6.73. The molecule has 4 rings (SSSR count). The lowest BCUT2D eigenvalue weighted by Crippen LogP contribution is -2.09. The molecule has 0 spiro atoms. The van der Waals surface area contributed by atoms with Crippen molar-refractivity contribution >= 4 is 27.4 Å². The SMILES string of the molecule is Cc1ccc2[c]c(-c3ccc(OC(=O)c4ccccc4)c(F)c3)sc2c1. The average Bonchev–Trinajstić information content (AvgIpc) is 3.07.